The van der Waals surface area contributed by atoms with Gasteiger partial charge in [-0.1, -0.05) is 18.5 Å². The first-order valence-electron chi connectivity index (χ1n) is 5.96. The molecule has 1 fully saturated rings. The molecule has 0 amide bonds. The van der Waals surface area contributed by atoms with Crippen LogP contribution in [0.4, 0.5) is 5.82 Å². The van der Waals surface area contributed by atoms with Crippen molar-refractivity contribution in [3.8, 4) is 0 Å². The Hall–Kier alpha value is -0.870. The van der Waals surface area contributed by atoms with E-state index in [1.165, 1.54) is 12.8 Å². The lowest BCUT2D eigenvalue weighted by Crippen LogP contribution is -2.35. The normalized spacial score (nSPS) is 20.6. The predicted molar refractivity (Wildman–Crippen MR) is 68.4 cm³/mol. The van der Waals surface area contributed by atoms with E-state index < -0.39 is 0 Å². The third-order valence-corrected chi connectivity index (χ3v) is 3.18. The van der Waals surface area contributed by atoms with Crippen LogP contribution in [0.2, 0.25) is 5.15 Å². The molecule has 1 unspecified atom stereocenters. The quantitative estimate of drug-likeness (QED) is 0.778. The summed E-state index contributed by atoms with van der Waals surface area (Å²) >= 11 is 6.01. The highest BCUT2D eigenvalue weighted by molar-refractivity contribution is 6.29. The smallest absolute Gasteiger partial charge is 0.158 e. The fourth-order valence-corrected chi connectivity index (χ4v) is 2.40. The molecule has 1 aliphatic heterocycles. The van der Waals surface area contributed by atoms with E-state index in [1.54, 1.807) is 7.11 Å². The van der Waals surface area contributed by atoms with E-state index in [2.05, 4.69) is 21.8 Å². The van der Waals surface area contributed by atoms with Crippen molar-refractivity contribution in [3.63, 3.8) is 0 Å². The van der Waals surface area contributed by atoms with Gasteiger partial charge in [-0.25, -0.2) is 9.97 Å². The van der Waals surface area contributed by atoms with Gasteiger partial charge in [-0.3, -0.25) is 0 Å². The van der Waals surface area contributed by atoms with Gasteiger partial charge in [0.05, 0.1) is 0 Å². The van der Waals surface area contributed by atoms with Crippen LogP contribution in [0.1, 0.15) is 25.6 Å². The topological polar surface area (TPSA) is 38.2 Å². The second-order valence-corrected chi connectivity index (χ2v) is 4.98. The van der Waals surface area contributed by atoms with Gasteiger partial charge in [0, 0.05) is 26.3 Å². The minimum Gasteiger partial charge on any atom is -0.377 e. The van der Waals surface area contributed by atoms with E-state index in [-0.39, 0.29) is 0 Å². The molecule has 0 aromatic carbocycles. The molecule has 4 nitrogen and oxygen atoms in total. The molecule has 1 atom stereocenters. The Labute approximate surface area is 107 Å². The first-order valence-corrected chi connectivity index (χ1v) is 6.34. The van der Waals surface area contributed by atoms with Crippen molar-refractivity contribution in [2.75, 3.05) is 25.1 Å². The molecule has 0 spiro atoms. The SMILES string of the molecule is COCc1nc(Cl)cc(N2CCCC(C)C2)n1. The molecule has 0 bridgehead atoms. The zero-order chi connectivity index (χ0) is 12.3. The summed E-state index contributed by atoms with van der Waals surface area (Å²) in [7, 11) is 1.63. The van der Waals surface area contributed by atoms with Crippen LogP contribution < -0.4 is 4.90 Å². The van der Waals surface area contributed by atoms with Crippen molar-refractivity contribution in [3.05, 3.63) is 17.0 Å². The molecule has 2 rings (SSSR count). The molecule has 1 aromatic rings. The Morgan fingerprint density at radius 3 is 3.06 bits per heavy atom. The number of ether oxygens (including phenoxy) is 1. The number of hydrogen-bond acceptors (Lipinski definition) is 4. The van der Waals surface area contributed by atoms with Crippen molar-refractivity contribution in [2.24, 2.45) is 5.92 Å². The van der Waals surface area contributed by atoms with E-state index in [9.17, 15) is 0 Å². The van der Waals surface area contributed by atoms with Crippen LogP contribution >= 0.6 is 11.6 Å². The number of nitrogens with zero attached hydrogens (tertiary/aromatic N) is 3. The van der Waals surface area contributed by atoms with Crippen LogP contribution in [0.3, 0.4) is 0 Å². The minimum absolute atomic E-state index is 0.400. The fourth-order valence-electron chi connectivity index (χ4n) is 2.20. The Bertz CT molecular complexity index is 386. The third-order valence-electron chi connectivity index (χ3n) is 2.98. The molecular weight excluding hydrogens is 238 g/mol. The molecule has 0 aliphatic carbocycles. The number of halogens is 1. The van der Waals surface area contributed by atoms with Crippen LogP contribution in [-0.2, 0) is 11.3 Å². The maximum absolute atomic E-state index is 6.01. The molecule has 94 valence electrons. The molecule has 5 heteroatoms. The van der Waals surface area contributed by atoms with Crippen molar-refractivity contribution in [1.82, 2.24) is 9.97 Å². The highest BCUT2D eigenvalue weighted by Gasteiger charge is 2.18. The zero-order valence-electron chi connectivity index (χ0n) is 10.3. The number of aromatic nitrogens is 2. The van der Waals surface area contributed by atoms with Gasteiger partial charge < -0.3 is 9.64 Å². The summed E-state index contributed by atoms with van der Waals surface area (Å²) in [5, 5.41) is 0.486. The predicted octanol–water partition coefficient (Wildman–Crippen LogP) is 2.51. The van der Waals surface area contributed by atoms with Gasteiger partial charge in [0.15, 0.2) is 5.82 Å². The van der Waals surface area contributed by atoms with Gasteiger partial charge >= 0.3 is 0 Å². The summed E-state index contributed by atoms with van der Waals surface area (Å²) in [5.74, 6) is 2.28. The van der Waals surface area contributed by atoms with Crippen LogP contribution in [0.15, 0.2) is 6.07 Å². The lowest BCUT2D eigenvalue weighted by Gasteiger charge is -2.32. The van der Waals surface area contributed by atoms with E-state index in [0.29, 0.717) is 23.5 Å². The first kappa shape index (κ1) is 12.6. The molecular formula is C12H18ClN3O. The molecule has 2 heterocycles. The van der Waals surface area contributed by atoms with E-state index >= 15 is 0 Å². The van der Waals surface area contributed by atoms with Gasteiger partial charge in [0.2, 0.25) is 0 Å². The fraction of sp³-hybridized carbons (Fsp3) is 0.667. The standard InChI is InChI=1S/C12H18ClN3O/c1-9-4-3-5-16(7-9)12-6-10(13)14-11(15-12)8-17-2/h6,9H,3-5,7-8H2,1-2H3. The number of methoxy groups -OCH3 is 1. The Kier molecular flexibility index (Phi) is 4.18. The molecule has 1 saturated heterocycles. The van der Waals surface area contributed by atoms with Gasteiger partial charge in [-0.2, -0.15) is 0 Å². The maximum Gasteiger partial charge on any atom is 0.158 e. The summed E-state index contributed by atoms with van der Waals surface area (Å²) in [6, 6.07) is 1.83. The van der Waals surface area contributed by atoms with Crippen LogP contribution in [0, 0.1) is 5.92 Å². The van der Waals surface area contributed by atoms with Crippen molar-refractivity contribution < 1.29 is 4.74 Å². The average Bonchev–Trinajstić information content (AvgIpc) is 2.28. The number of hydrogen-bond donors (Lipinski definition) is 0. The van der Waals surface area contributed by atoms with Gasteiger partial charge in [0.25, 0.3) is 0 Å². The van der Waals surface area contributed by atoms with Gasteiger partial charge in [0.1, 0.15) is 17.6 Å². The minimum atomic E-state index is 0.400. The molecule has 1 aromatic heterocycles. The summed E-state index contributed by atoms with van der Waals surface area (Å²) in [5.41, 5.74) is 0. The van der Waals surface area contributed by atoms with Crippen molar-refractivity contribution >= 4 is 17.4 Å². The number of rotatable bonds is 3. The maximum atomic E-state index is 6.01. The Morgan fingerprint density at radius 2 is 2.35 bits per heavy atom. The molecule has 17 heavy (non-hydrogen) atoms. The lowest BCUT2D eigenvalue weighted by molar-refractivity contribution is 0.178. The zero-order valence-corrected chi connectivity index (χ0v) is 11.1. The average molecular weight is 256 g/mol. The first-order chi connectivity index (χ1) is 8.19. The largest absolute Gasteiger partial charge is 0.377 e. The highest BCUT2D eigenvalue weighted by Crippen LogP contribution is 2.23. The second-order valence-electron chi connectivity index (χ2n) is 4.59. The summed E-state index contributed by atoms with van der Waals surface area (Å²) in [6.07, 6.45) is 2.50. The monoisotopic (exact) mass is 255 g/mol. The second kappa shape index (κ2) is 5.65. The Morgan fingerprint density at radius 1 is 1.53 bits per heavy atom. The van der Waals surface area contributed by atoms with E-state index in [1.807, 2.05) is 6.07 Å². The highest BCUT2D eigenvalue weighted by atomic mass is 35.5. The van der Waals surface area contributed by atoms with Crippen LogP contribution in [0.5, 0.6) is 0 Å². The van der Waals surface area contributed by atoms with E-state index in [0.717, 1.165) is 18.9 Å². The number of anilines is 1. The van der Waals surface area contributed by atoms with Crippen LogP contribution in [0.25, 0.3) is 0 Å². The summed E-state index contributed by atoms with van der Waals surface area (Å²) in [6.45, 7) is 4.76. The van der Waals surface area contributed by atoms with Crippen molar-refractivity contribution in [1.29, 1.82) is 0 Å². The summed E-state index contributed by atoms with van der Waals surface area (Å²) in [4.78, 5) is 10.9. The lowest BCUT2D eigenvalue weighted by atomic mass is 10.0. The van der Waals surface area contributed by atoms with Crippen LogP contribution in [-0.4, -0.2) is 30.2 Å². The molecule has 0 N–H and O–H groups in total. The van der Waals surface area contributed by atoms with Crippen molar-refractivity contribution in [2.45, 2.75) is 26.4 Å². The van der Waals surface area contributed by atoms with Gasteiger partial charge in [-0.05, 0) is 18.8 Å². The molecule has 0 saturated carbocycles. The molecule has 0 radical (unpaired) electrons. The molecule has 1 aliphatic rings. The Balaban J connectivity index is 2.18. The third kappa shape index (κ3) is 3.30. The van der Waals surface area contributed by atoms with E-state index in [4.69, 9.17) is 16.3 Å². The summed E-state index contributed by atoms with van der Waals surface area (Å²) < 4.78 is 5.04. The van der Waals surface area contributed by atoms with Gasteiger partial charge in [-0.15, -0.1) is 0 Å². The number of piperidine rings is 1.